The fourth-order valence-corrected chi connectivity index (χ4v) is 5.66. The first-order valence-electron chi connectivity index (χ1n) is 6.70. The molecular weight excluding hydrogens is 294 g/mol. The molecule has 1 aromatic heterocycles. The van der Waals surface area contributed by atoms with Crippen LogP contribution in [-0.2, 0) is 0 Å². The highest BCUT2D eigenvalue weighted by Gasteiger charge is 2.31. The van der Waals surface area contributed by atoms with E-state index in [0.29, 0.717) is 5.25 Å². The number of nitrogens with zero attached hydrogens (tertiary/aromatic N) is 3. The van der Waals surface area contributed by atoms with Crippen LogP contribution in [0, 0.1) is 23.2 Å². The highest BCUT2D eigenvalue weighted by Crippen LogP contribution is 2.42. The molecular formula is C13H19N3S3. The van der Waals surface area contributed by atoms with Crippen molar-refractivity contribution in [3.63, 3.8) is 0 Å². The van der Waals surface area contributed by atoms with Crippen molar-refractivity contribution in [2.45, 2.75) is 53.0 Å². The Kier molecular flexibility index (Phi) is 5.99. The van der Waals surface area contributed by atoms with Gasteiger partial charge >= 0.3 is 0 Å². The second-order valence-electron chi connectivity index (χ2n) is 4.90. The molecule has 3 unspecified atom stereocenters. The molecule has 2 rings (SSSR count). The smallest absolute Gasteiger partial charge is 0.175 e. The number of hydrogen-bond donors (Lipinski definition) is 0. The Balaban J connectivity index is 2.00. The summed E-state index contributed by atoms with van der Waals surface area (Å²) in [5.74, 6) is 0.972. The van der Waals surface area contributed by atoms with E-state index in [-0.39, 0.29) is 5.92 Å². The molecule has 104 valence electrons. The van der Waals surface area contributed by atoms with E-state index >= 15 is 0 Å². The average Bonchev–Trinajstić information content (AvgIpc) is 2.87. The monoisotopic (exact) mass is 313 g/mol. The van der Waals surface area contributed by atoms with Crippen molar-refractivity contribution in [3.05, 3.63) is 0 Å². The van der Waals surface area contributed by atoms with Crippen molar-refractivity contribution in [3.8, 4) is 6.07 Å². The minimum Gasteiger partial charge on any atom is -0.198 e. The van der Waals surface area contributed by atoms with Crippen molar-refractivity contribution in [2.75, 3.05) is 6.26 Å². The van der Waals surface area contributed by atoms with Crippen LogP contribution >= 0.6 is 34.9 Å². The standard InChI is InChI=1S/C13H19N3S3/c1-3-4-9-5-6-10(8-14)11(7-9)18-13-16-15-12(17-2)19-13/h9-11H,3-7H2,1-2H3. The molecule has 6 heteroatoms. The first-order valence-corrected chi connectivity index (χ1v) is 9.62. The van der Waals surface area contributed by atoms with Crippen LogP contribution in [0.3, 0.4) is 0 Å². The van der Waals surface area contributed by atoms with E-state index in [2.05, 4.69) is 23.2 Å². The van der Waals surface area contributed by atoms with Crippen molar-refractivity contribution in [1.29, 1.82) is 5.26 Å². The first kappa shape index (κ1) is 15.1. The Morgan fingerprint density at radius 1 is 1.37 bits per heavy atom. The molecule has 0 radical (unpaired) electrons. The molecule has 0 spiro atoms. The van der Waals surface area contributed by atoms with Gasteiger partial charge in [0.2, 0.25) is 0 Å². The van der Waals surface area contributed by atoms with E-state index in [4.69, 9.17) is 0 Å². The van der Waals surface area contributed by atoms with Crippen molar-refractivity contribution in [2.24, 2.45) is 11.8 Å². The number of aromatic nitrogens is 2. The van der Waals surface area contributed by atoms with Gasteiger partial charge in [0.15, 0.2) is 8.68 Å². The van der Waals surface area contributed by atoms with E-state index in [1.807, 2.05) is 6.26 Å². The van der Waals surface area contributed by atoms with Crippen LogP contribution in [0.25, 0.3) is 0 Å². The third kappa shape index (κ3) is 4.11. The molecule has 1 aliphatic rings. The van der Waals surface area contributed by atoms with Gasteiger partial charge in [-0.1, -0.05) is 54.6 Å². The molecule has 3 nitrogen and oxygen atoms in total. The summed E-state index contributed by atoms with van der Waals surface area (Å²) in [6.07, 6.45) is 7.98. The van der Waals surface area contributed by atoms with Gasteiger partial charge in [0.05, 0.1) is 12.0 Å². The highest BCUT2D eigenvalue weighted by atomic mass is 32.2. The van der Waals surface area contributed by atoms with Crippen LogP contribution in [0.1, 0.15) is 39.0 Å². The summed E-state index contributed by atoms with van der Waals surface area (Å²) < 4.78 is 2.03. The average molecular weight is 314 g/mol. The number of nitriles is 1. The Labute approximate surface area is 127 Å². The van der Waals surface area contributed by atoms with Crippen LogP contribution in [-0.4, -0.2) is 21.7 Å². The van der Waals surface area contributed by atoms with Crippen LogP contribution < -0.4 is 0 Å². The van der Waals surface area contributed by atoms with Gasteiger partial charge < -0.3 is 0 Å². The Morgan fingerprint density at radius 2 is 2.16 bits per heavy atom. The largest absolute Gasteiger partial charge is 0.198 e. The molecule has 0 saturated heterocycles. The van der Waals surface area contributed by atoms with Gasteiger partial charge in [0.1, 0.15) is 0 Å². The highest BCUT2D eigenvalue weighted by molar-refractivity contribution is 8.03. The molecule has 1 heterocycles. The van der Waals surface area contributed by atoms with Gasteiger partial charge in [0.25, 0.3) is 0 Å². The van der Waals surface area contributed by atoms with Gasteiger partial charge in [-0.3, -0.25) is 0 Å². The minimum atomic E-state index is 0.180. The third-order valence-electron chi connectivity index (χ3n) is 3.58. The van der Waals surface area contributed by atoms with E-state index in [1.165, 1.54) is 19.3 Å². The Morgan fingerprint density at radius 3 is 2.79 bits per heavy atom. The summed E-state index contributed by atoms with van der Waals surface area (Å²) in [6, 6.07) is 2.49. The lowest BCUT2D eigenvalue weighted by Crippen LogP contribution is -2.26. The molecule has 0 aromatic carbocycles. The maximum absolute atomic E-state index is 9.31. The molecule has 0 bridgehead atoms. The lowest BCUT2D eigenvalue weighted by molar-refractivity contribution is 0.307. The minimum absolute atomic E-state index is 0.180. The molecule has 1 fully saturated rings. The van der Waals surface area contributed by atoms with E-state index < -0.39 is 0 Å². The van der Waals surface area contributed by atoms with Crippen molar-refractivity contribution < 1.29 is 0 Å². The van der Waals surface area contributed by atoms with E-state index in [1.54, 1.807) is 34.9 Å². The topological polar surface area (TPSA) is 49.6 Å². The fraction of sp³-hybridized carbons (Fsp3) is 0.769. The summed E-state index contributed by atoms with van der Waals surface area (Å²) in [6.45, 7) is 2.24. The summed E-state index contributed by atoms with van der Waals surface area (Å²) in [5, 5.41) is 18.1. The number of hydrogen-bond acceptors (Lipinski definition) is 6. The quantitative estimate of drug-likeness (QED) is 0.751. The van der Waals surface area contributed by atoms with Gasteiger partial charge in [-0.15, -0.1) is 10.2 Å². The zero-order valence-electron chi connectivity index (χ0n) is 11.3. The van der Waals surface area contributed by atoms with Crippen molar-refractivity contribution >= 4 is 34.9 Å². The van der Waals surface area contributed by atoms with Crippen LogP contribution in [0.15, 0.2) is 8.68 Å². The predicted octanol–water partition coefficient (Wildman–Crippen LogP) is 4.46. The molecule has 0 N–H and O–H groups in total. The lowest BCUT2D eigenvalue weighted by atomic mass is 9.80. The Bertz CT molecular complexity index is 441. The SMILES string of the molecule is CCCC1CCC(C#N)C(Sc2nnc(SC)s2)C1. The molecule has 1 saturated carbocycles. The maximum Gasteiger partial charge on any atom is 0.175 e. The summed E-state index contributed by atoms with van der Waals surface area (Å²) in [7, 11) is 0. The maximum atomic E-state index is 9.31. The normalized spacial score (nSPS) is 27.1. The molecule has 19 heavy (non-hydrogen) atoms. The predicted molar refractivity (Wildman–Crippen MR) is 82.7 cm³/mol. The fourth-order valence-electron chi connectivity index (χ4n) is 2.62. The lowest BCUT2D eigenvalue weighted by Gasteiger charge is -2.31. The second-order valence-corrected chi connectivity index (χ2v) is 8.41. The van der Waals surface area contributed by atoms with Gasteiger partial charge in [-0.25, -0.2) is 0 Å². The van der Waals surface area contributed by atoms with Crippen LogP contribution in [0.2, 0.25) is 0 Å². The second kappa shape index (κ2) is 7.51. The molecule has 1 aromatic rings. The summed E-state index contributed by atoms with van der Waals surface area (Å²) in [4.78, 5) is 0. The van der Waals surface area contributed by atoms with Crippen LogP contribution in [0.5, 0.6) is 0 Å². The molecule has 0 aliphatic heterocycles. The summed E-state index contributed by atoms with van der Waals surface area (Å²) >= 11 is 5.05. The number of thioether (sulfide) groups is 2. The van der Waals surface area contributed by atoms with Gasteiger partial charge in [-0.05, 0) is 31.4 Å². The molecule has 1 aliphatic carbocycles. The molecule has 0 amide bonds. The van der Waals surface area contributed by atoms with Crippen molar-refractivity contribution in [1.82, 2.24) is 10.2 Å². The number of rotatable bonds is 5. The zero-order chi connectivity index (χ0) is 13.7. The first-order chi connectivity index (χ1) is 9.26. The zero-order valence-corrected chi connectivity index (χ0v) is 13.8. The Hall–Kier alpha value is -0.250. The van der Waals surface area contributed by atoms with E-state index in [9.17, 15) is 5.26 Å². The van der Waals surface area contributed by atoms with Crippen LogP contribution in [0.4, 0.5) is 0 Å². The van der Waals surface area contributed by atoms with Gasteiger partial charge in [0, 0.05) is 5.25 Å². The van der Waals surface area contributed by atoms with E-state index in [0.717, 1.165) is 27.4 Å². The van der Waals surface area contributed by atoms with Gasteiger partial charge in [-0.2, -0.15) is 5.26 Å². The summed E-state index contributed by atoms with van der Waals surface area (Å²) in [5.41, 5.74) is 0. The third-order valence-corrected chi connectivity index (χ3v) is 6.92. The molecule has 3 atom stereocenters.